The zero-order valence-electron chi connectivity index (χ0n) is 15.3. The number of amides is 1. The molecule has 138 valence electrons. The lowest BCUT2D eigenvalue weighted by Gasteiger charge is -2.28. The van der Waals surface area contributed by atoms with Crippen molar-refractivity contribution >= 4 is 17.3 Å². The Balaban J connectivity index is 1.36. The fourth-order valence-corrected chi connectivity index (χ4v) is 3.45. The lowest BCUT2D eigenvalue weighted by Crippen LogP contribution is -2.29. The van der Waals surface area contributed by atoms with Crippen molar-refractivity contribution in [3.05, 3.63) is 78.1 Å². The van der Waals surface area contributed by atoms with Gasteiger partial charge in [0.2, 0.25) is 0 Å². The summed E-state index contributed by atoms with van der Waals surface area (Å²) < 4.78 is 1.86. The molecular formula is C22H24N4O. The molecule has 27 heavy (non-hydrogen) atoms. The van der Waals surface area contributed by atoms with Gasteiger partial charge in [0, 0.05) is 42.4 Å². The van der Waals surface area contributed by atoms with Gasteiger partial charge in [-0.05, 0) is 67.3 Å². The van der Waals surface area contributed by atoms with Gasteiger partial charge in [-0.2, -0.15) is 5.10 Å². The first-order chi connectivity index (χ1) is 13.3. The minimum atomic E-state index is -0.0913. The molecule has 2 aromatic carbocycles. The van der Waals surface area contributed by atoms with E-state index in [1.807, 2.05) is 53.3 Å². The Bertz CT molecular complexity index is 864. The maximum Gasteiger partial charge on any atom is 0.255 e. The molecule has 4 rings (SSSR count). The molecule has 1 aromatic heterocycles. The van der Waals surface area contributed by atoms with Crippen LogP contribution in [0.1, 0.15) is 35.2 Å². The molecule has 2 heterocycles. The monoisotopic (exact) mass is 360 g/mol. The van der Waals surface area contributed by atoms with Crippen LogP contribution in [0.15, 0.2) is 67.0 Å². The number of nitrogens with zero attached hydrogens (tertiary/aromatic N) is 3. The molecule has 0 aliphatic carbocycles. The van der Waals surface area contributed by atoms with Crippen LogP contribution in [0.4, 0.5) is 11.4 Å². The lowest BCUT2D eigenvalue weighted by molar-refractivity contribution is 0.102. The molecule has 1 amide bonds. The molecule has 3 aromatic rings. The van der Waals surface area contributed by atoms with Crippen molar-refractivity contribution in [2.75, 3.05) is 23.3 Å². The van der Waals surface area contributed by atoms with E-state index in [0.29, 0.717) is 12.1 Å². The Morgan fingerprint density at radius 1 is 0.963 bits per heavy atom. The number of hydrogen-bond acceptors (Lipinski definition) is 3. The molecule has 5 heteroatoms. The molecule has 0 unspecified atom stereocenters. The average molecular weight is 360 g/mol. The Kier molecular flexibility index (Phi) is 5.19. The summed E-state index contributed by atoms with van der Waals surface area (Å²) in [6.07, 6.45) is 7.53. The van der Waals surface area contributed by atoms with Gasteiger partial charge >= 0.3 is 0 Å². The van der Waals surface area contributed by atoms with Gasteiger partial charge in [-0.15, -0.1) is 0 Å². The molecule has 1 aliphatic rings. The van der Waals surface area contributed by atoms with E-state index in [1.54, 1.807) is 6.20 Å². The zero-order valence-corrected chi connectivity index (χ0v) is 15.3. The van der Waals surface area contributed by atoms with E-state index < -0.39 is 0 Å². The molecule has 1 fully saturated rings. The summed E-state index contributed by atoms with van der Waals surface area (Å²) in [4.78, 5) is 14.9. The van der Waals surface area contributed by atoms with Crippen LogP contribution < -0.4 is 10.2 Å². The highest BCUT2D eigenvalue weighted by Crippen LogP contribution is 2.22. The predicted octanol–water partition coefficient (Wildman–Crippen LogP) is 4.17. The number of aromatic nitrogens is 2. The third-order valence-corrected chi connectivity index (χ3v) is 4.97. The molecule has 0 spiro atoms. The smallest absolute Gasteiger partial charge is 0.255 e. The number of anilines is 2. The van der Waals surface area contributed by atoms with Crippen LogP contribution in [0, 0.1) is 0 Å². The van der Waals surface area contributed by atoms with Crippen molar-refractivity contribution in [2.45, 2.75) is 25.8 Å². The minimum Gasteiger partial charge on any atom is -0.372 e. The highest BCUT2D eigenvalue weighted by Gasteiger charge is 2.11. The van der Waals surface area contributed by atoms with E-state index in [-0.39, 0.29) is 5.91 Å². The lowest BCUT2D eigenvalue weighted by atomic mass is 10.1. The van der Waals surface area contributed by atoms with Crippen molar-refractivity contribution in [1.29, 1.82) is 0 Å². The van der Waals surface area contributed by atoms with Gasteiger partial charge < -0.3 is 10.2 Å². The highest BCUT2D eigenvalue weighted by atomic mass is 16.1. The van der Waals surface area contributed by atoms with Crippen molar-refractivity contribution in [3.63, 3.8) is 0 Å². The summed E-state index contributed by atoms with van der Waals surface area (Å²) in [5, 5.41) is 7.18. The third kappa shape index (κ3) is 4.37. The van der Waals surface area contributed by atoms with Crippen molar-refractivity contribution < 1.29 is 4.79 Å². The van der Waals surface area contributed by atoms with E-state index in [1.165, 1.54) is 24.9 Å². The van der Waals surface area contributed by atoms with Gasteiger partial charge in [0.05, 0.1) is 6.54 Å². The van der Waals surface area contributed by atoms with Gasteiger partial charge in [-0.1, -0.05) is 12.1 Å². The van der Waals surface area contributed by atoms with E-state index in [4.69, 9.17) is 0 Å². The first kappa shape index (κ1) is 17.3. The third-order valence-electron chi connectivity index (χ3n) is 4.97. The number of rotatable bonds is 5. The normalized spacial score (nSPS) is 14.1. The van der Waals surface area contributed by atoms with E-state index in [0.717, 1.165) is 24.3 Å². The number of hydrogen-bond donors (Lipinski definition) is 1. The molecule has 1 saturated heterocycles. The maximum absolute atomic E-state index is 12.5. The molecule has 0 saturated carbocycles. The summed E-state index contributed by atoms with van der Waals surface area (Å²) in [5.74, 6) is -0.0913. The van der Waals surface area contributed by atoms with Gasteiger partial charge in [0.25, 0.3) is 5.91 Å². The highest BCUT2D eigenvalue weighted by molar-refractivity contribution is 6.04. The standard InChI is InChI=1S/C22H24N4O/c27-22(19-7-5-18(6-8-19)17-26-16-4-13-23-26)24-20-9-11-21(12-10-20)25-14-2-1-3-15-25/h4-13,16H,1-3,14-15,17H2,(H,24,27). The van der Waals surface area contributed by atoms with Gasteiger partial charge in [0.15, 0.2) is 0 Å². The summed E-state index contributed by atoms with van der Waals surface area (Å²) >= 11 is 0. The minimum absolute atomic E-state index is 0.0913. The van der Waals surface area contributed by atoms with Crippen LogP contribution >= 0.6 is 0 Å². The van der Waals surface area contributed by atoms with Crippen molar-refractivity contribution in [2.24, 2.45) is 0 Å². The molecule has 1 N–H and O–H groups in total. The Hall–Kier alpha value is -3.08. The quantitative estimate of drug-likeness (QED) is 0.743. The second-order valence-corrected chi connectivity index (χ2v) is 6.95. The van der Waals surface area contributed by atoms with Gasteiger partial charge in [0.1, 0.15) is 0 Å². The SMILES string of the molecule is O=C(Nc1ccc(N2CCCCC2)cc1)c1ccc(Cn2cccn2)cc1. The maximum atomic E-state index is 12.5. The first-order valence-corrected chi connectivity index (χ1v) is 9.51. The summed E-state index contributed by atoms with van der Waals surface area (Å²) in [6, 6.07) is 17.7. The fourth-order valence-electron chi connectivity index (χ4n) is 3.45. The average Bonchev–Trinajstić information content (AvgIpc) is 3.23. The second-order valence-electron chi connectivity index (χ2n) is 6.95. The molecule has 0 atom stereocenters. The number of nitrogens with one attached hydrogen (secondary N) is 1. The summed E-state index contributed by atoms with van der Waals surface area (Å²) in [5.41, 5.74) is 3.82. The number of carbonyl (C=O) groups is 1. The molecule has 5 nitrogen and oxygen atoms in total. The van der Waals surface area contributed by atoms with Gasteiger partial charge in [-0.3, -0.25) is 9.48 Å². The topological polar surface area (TPSA) is 50.2 Å². The Labute approximate surface area is 159 Å². The van der Waals surface area contributed by atoms with Crippen LogP contribution in [0.2, 0.25) is 0 Å². The number of carbonyl (C=O) groups excluding carboxylic acids is 1. The predicted molar refractivity (Wildman–Crippen MR) is 108 cm³/mol. The second kappa shape index (κ2) is 8.08. The zero-order chi connectivity index (χ0) is 18.5. The number of piperidine rings is 1. The molecule has 1 aliphatic heterocycles. The summed E-state index contributed by atoms with van der Waals surface area (Å²) in [7, 11) is 0. The van der Waals surface area contributed by atoms with E-state index >= 15 is 0 Å². The van der Waals surface area contributed by atoms with Gasteiger partial charge in [-0.25, -0.2) is 0 Å². The largest absolute Gasteiger partial charge is 0.372 e. The van der Waals surface area contributed by atoms with E-state index in [9.17, 15) is 4.79 Å². The molecular weight excluding hydrogens is 336 g/mol. The fraction of sp³-hybridized carbons (Fsp3) is 0.273. The molecule has 0 bridgehead atoms. The Morgan fingerprint density at radius 2 is 1.70 bits per heavy atom. The van der Waals surface area contributed by atoms with Crippen molar-refractivity contribution in [3.8, 4) is 0 Å². The summed E-state index contributed by atoms with van der Waals surface area (Å²) in [6.45, 7) is 2.94. The van der Waals surface area contributed by atoms with Crippen LogP contribution in [-0.2, 0) is 6.54 Å². The van der Waals surface area contributed by atoms with Crippen molar-refractivity contribution in [1.82, 2.24) is 9.78 Å². The van der Waals surface area contributed by atoms with Crippen LogP contribution in [0.5, 0.6) is 0 Å². The molecule has 0 radical (unpaired) electrons. The Morgan fingerprint density at radius 3 is 2.37 bits per heavy atom. The first-order valence-electron chi connectivity index (χ1n) is 9.51. The van der Waals surface area contributed by atoms with E-state index in [2.05, 4.69) is 27.4 Å². The van der Waals surface area contributed by atoms with Crippen LogP contribution in [-0.4, -0.2) is 28.8 Å². The number of benzene rings is 2. The van der Waals surface area contributed by atoms with Crippen LogP contribution in [0.25, 0.3) is 0 Å². The van der Waals surface area contributed by atoms with Crippen LogP contribution in [0.3, 0.4) is 0 Å².